The Morgan fingerprint density at radius 3 is 2.45 bits per heavy atom. The summed E-state index contributed by atoms with van der Waals surface area (Å²) < 4.78 is 9.38. The molecule has 0 atom stereocenters. The molecule has 1 N–H and O–H groups in total. The number of fused-ring (bicyclic) bond motifs is 1. The van der Waals surface area contributed by atoms with Crippen molar-refractivity contribution in [3.8, 4) is 39.7 Å². The molecule has 38 heavy (non-hydrogen) atoms. The first-order valence-corrected chi connectivity index (χ1v) is 13.6. The van der Waals surface area contributed by atoms with E-state index in [1.807, 2.05) is 78.8 Å². The van der Waals surface area contributed by atoms with Crippen molar-refractivity contribution in [3.05, 3.63) is 72.1 Å². The number of hydrogen-bond acceptors (Lipinski definition) is 5. The van der Waals surface area contributed by atoms with Gasteiger partial charge in [-0.05, 0) is 24.5 Å². The average molecular weight is 529 g/mol. The second kappa shape index (κ2) is 11.3. The first kappa shape index (κ1) is 25.8. The fourth-order valence-electron chi connectivity index (χ4n) is 5.10. The third-order valence-corrected chi connectivity index (χ3v) is 7.27. The van der Waals surface area contributed by atoms with Gasteiger partial charge in [0.15, 0.2) is 11.6 Å². The summed E-state index contributed by atoms with van der Waals surface area (Å²) in [4.78, 5) is 9.54. The number of aryl methyl sites for hydroxylation is 1. The van der Waals surface area contributed by atoms with Crippen LogP contribution in [0.15, 0.2) is 67.1 Å². The second-order valence-electron chi connectivity index (χ2n) is 9.17. The number of hydrogen-bond donors (Lipinski definition) is 1. The van der Waals surface area contributed by atoms with Gasteiger partial charge in [-0.1, -0.05) is 80.8 Å². The summed E-state index contributed by atoms with van der Waals surface area (Å²) in [5, 5.41) is 9.24. The number of anilines is 1. The number of benzene rings is 2. The lowest BCUT2D eigenvalue weighted by molar-refractivity contribution is 0.415. The van der Waals surface area contributed by atoms with Gasteiger partial charge in [0.25, 0.3) is 0 Å². The number of aromatic nitrogens is 5. The molecule has 2 aromatic carbocycles. The molecule has 1 saturated carbocycles. The Hall–Kier alpha value is -3.84. The topological polar surface area (TPSA) is 69.3 Å². The van der Waals surface area contributed by atoms with Crippen molar-refractivity contribution < 1.29 is 4.74 Å². The molecule has 7 nitrogen and oxygen atoms in total. The minimum Gasteiger partial charge on any atom is -0.495 e. The summed E-state index contributed by atoms with van der Waals surface area (Å²) in [6.45, 7) is 4.00. The predicted octanol–water partition coefficient (Wildman–Crippen LogP) is 7.51. The number of imidazole rings is 1. The van der Waals surface area contributed by atoms with E-state index in [4.69, 9.17) is 26.4 Å². The normalized spacial score (nSPS) is 13.4. The molecule has 0 radical (unpaired) electrons. The summed E-state index contributed by atoms with van der Waals surface area (Å²) >= 11 is 6.84. The molecule has 8 heteroatoms. The lowest BCUT2D eigenvalue weighted by Crippen LogP contribution is -2.17. The van der Waals surface area contributed by atoms with Crippen molar-refractivity contribution in [1.29, 1.82) is 0 Å². The van der Waals surface area contributed by atoms with Crippen molar-refractivity contribution >= 4 is 22.9 Å². The molecule has 6 rings (SSSR count). The Labute approximate surface area is 228 Å². The van der Waals surface area contributed by atoms with Crippen LogP contribution < -0.4 is 10.1 Å². The van der Waals surface area contributed by atoms with Gasteiger partial charge >= 0.3 is 0 Å². The number of nitrogens with one attached hydrogen (secondary N) is 1. The summed E-state index contributed by atoms with van der Waals surface area (Å²) in [5.74, 6) is 2.71. The summed E-state index contributed by atoms with van der Waals surface area (Å²) in [6.07, 6.45) is 10.4. The summed E-state index contributed by atoms with van der Waals surface area (Å²) in [6, 6.07) is 16.6. The molecule has 3 heterocycles. The first-order valence-electron chi connectivity index (χ1n) is 13.2. The van der Waals surface area contributed by atoms with Crippen LogP contribution in [-0.2, 0) is 7.05 Å². The molecule has 0 bridgehead atoms. The maximum Gasteiger partial charge on any atom is 0.218 e. The SMILES string of the molecule is CC.COc1cccc(-c2cn3nc(-c4nccn4C)nc(NC4CCCC4)c3c2-c2ccccc2)c1Cl. The van der Waals surface area contributed by atoms with E-state index in [-0.39, 0.29) is 0 Å². The van der Waals surface area contributed by atoms with Crippen molar-refractivity contribution in [1.82, 2.24) is 24.1 Å². The van der Waals surface area contributed by atoms with Gasteiger partial charge in [0.05, 0.1) is 12.1 Å². The standard InChI is InChI=1S/C28H27ClN6O.C2H6/c1-34-16-15-30-28(34)27-32-26(31-19-11-6-7-12-19)25-23(18-9-4-3-5-10-18)21(17-35(25)33-27)20-13-8-14-22(36-2)24(20)29;1-2/h3-5,8-10,13-17,19H,6-7,11-12H2,1-2H3,(H,31,32,33);1-2H3. The number of rotatable bonds is 6. The van der Waals surface area contributed by atoms with E-state index in [9.17, 15) is 0 Å². The lowest BCUT2D eigenvalue weighted by Gasteiger charge is -2.16. The molecule has 5 aromatic rings. The minimum atomic E-state index is 0.375. The molecular weight excluding hydrogens is 496 g/mol. The molecule has 0 aliphatic heterocycles. The van der Waals surface area contributed by atoms with Crippen LogP contribution in [0.4, 0.5) is 5.82 Å². The summed E-state index contributed by atoms with van der Waals surface area (Å²) in [7, 11) is 3.58. The van der Waals surface area contributed by atoms with Gasteiger partial charge < -0.3 is 14.6 Å². The Morgan fingerprint density at radius 1 is 1.00 bits per heavy atom. The zero-order chi connectivity index (χ0) is 26.6. The molecule has 1 aliphatic carbocycles. The molecule has 196 valence electrons. The number of nitrogens with zero attached hydrogens (tertiary/aromatic N) is 5. The van der Waals surface area contributed by atoms with Gasteiger partial charge in [0.1, 0.15) is 11.3 Å². The highest BCUT2D eigenvalue weighted by Gasteiger charge is 2.25. The van der Waals surface area contributed by atoms with Crippen molar-refractivity contribution in [2.24, 2.45) is 7.05 Å². The Kier molecular flexibility index (Phi) is 7.65. The van der Waals surface area contributed by atoms with Crippen LogP contribution in [0.3, 0.4) is 0 Å². The second-order valence-corrected chi connectivity index (χ2v) is 9.55. The Balaban J connectivity index is 0.00000144. The molecule has 1 aliphatic rings. The third kappa shape index (κ3) is 4.74. The predicted molar refractivity (Wildman–Crippen MR) is 155 cm³/mol. The third-order valence-electron chi connectivity index (χ3n) is 6.88. The van der Waals surface area contributed by atoms with E-state index in [0.29, 0.717) is 28.5 Å². The largest absolute Gasteiger partial charge is 0.495 e. The molecule has 0 unspecified atom stereocenters. The zero-order valence-electron chi connectivity index (χ0n) is 22.3. The lowest BCUT2D eigenvalue weighted by atomic mass is 9.97. The van der Waals surface area contributed by atoms with Crippen LogP contribution in [0, 0.1) is 0 Å². The maximum absolute atomic E-state index is 6.84. The van der Waals surface area contributed by atoms with Crippen LogP contribution in [0.5, 0.6) is 5.75 Å². The van der Waals surface area contributed by atoms with Crippen molar-refractivity contribution in [2.75, 3.05) is 12.4 Å². The van der Waals surface area contributed by atoms with Crippen molar-refractivity contribution in [2.45, 2.75) is 45.6 Å². The highest BCUT2D eigenvalue weighted by Crippen LogP contribution is 2.44. The quantitative estimate of drug-likeness (QED) is 0.247. The molecule has 3 aromatic heterocycles. The molecule has 1 fully saturated rings. The summed E-state index contributed by atoms with van der Waals surface area (Å²) in [5.41, 5.74) is 4.85. The van der Waals surface area contributed by atoms with Crippen LogP contribution in [0.25, 0.3) is 39.4 Å². The van der Waals surface area contributed by atoms with Gasteiger partial charge in [0, 0.05) is 48.4 Å². The van der Waals surface area contributed by atoms with Crippen LogP contribution >= 0.6 is 11.6 Å². The van der Waals surface area contributed by atoms with E-state index < -0.39 is 0 Å². The van der Waals surface area contributed by atoms with Gasteiger partial charge in [-0.25, -0.2) is 14.5 Å². The van der Waals surface area contributed by atoms with E-state index in [1.165, 1.54) is 12.8 Å². The zero-order valence-corrected chi connectivity index (χ0v) is 23.0. The number of ether oxygens (including phenoxy) is 1. The van der Waals surface area contributed by atoms with Crippen LogP contribution in [0.1, 0.15) is 39.5 Å². The Bertz CT molecular complexity index is 1540. The Morgan fingerprint density at radius 2 is 1.76 bits per heavy atom. The minimum absolute atomic E-state index is 0.375. The monoisotopic (exact) mass is 528 g/mol. The van der Waals surface area contributed by atoms with Gasteiger partial charge in [0.2, 0.25) is 5.82 Å². The average Bonchev–Trinajstić information content (AvgIpc) is 3.70. The molecule has 0 amide bonds. The van der Waals surface area contributed by atoms with E-state index in [1.54, 1.807) is 13.3 Å². The van der Waals surface area contributed by atoms with E-state index >= 15 is 0 Å². The molecule has 0 saturated heterocycles. The molecular formula is C30H33ClN6O. The van der Waals surface area contributed by atoms with Gasteiger partial charge in [-0.3, -0.25) is 0 Å². The highest BCUT2D eigenvalue weighted by molar-refractivity contribution is 6.35. The number of halogens is 1. The van der Waals surface area contributed by atoms with E-state index in [0.717, 1.165) is 46.4 Å². The van der Waals surface area contributed by atoms with Crippen molar-refractivity contribution in [3.63, 3.8) is 0 Å². The van der Waals surface area contributed by atoms with Crippen LogP contribution in [0.2, 0.25) is 5.02 Å². The fraction of sp³-hybridized carbons (Fsp3) is 0.300. The van der Waals surface area contributed by atoms with Gasteiger partial charge in [-0.2, -0.15) is 0 Å². The smallest absolute Gasteiger partial charge is 0.218 e. The maximum atomic E-state index is 6.84. The molecule has 0 spiro atoms. The fourth-order valence-corrected chi connectivity index (χ4v) is 5.41. The number of methoxy groups -OCH3 is 1. The highest BCUT2D eigenvalue weighted by atomic mass is 35.5. The first-order chi connectivity index (χ1) is 18.6. The van der Waals surface area contributed by atoms with E-state index in [2.05, 4.69) is 22.4 Å². The van der Waals surface area contributed by atoms with Crippen LogP contribution in [-0.4, -0.2) is 37.3 Å². The van der Waals surface area contributed by atoms with Gasteiger partial charge in [-0.15, -0.1) is 5.10 Å².